The second-order valence-corrected chi connectivity index (χ2v) is 3.37. The number of rotatable bonds is 4. The van der Waals surface area contributed by atoms with E-state index < -0.39 is 36.8 Å². The fourth-order valence-electron chi connectivity index (χ4n) is 1.07. The van der Waals surface area contributed by atoms with Gasteiger partial charge in [-0.2, -0.15) is 13.2 Å². The Hall–Kier alpha value is -1.86. The molecule has 8 heteroatoms. The summed E-state index contributed by atoms with van der Waals surface area (Å²) in [6.07, 6.45) is -4.51. The molecule has 1 amide bonds. The molecule has 0 saturated heterocycles. The number of alkyl halides is 3. The van der Waals surface area contributed by atoms with Crippen LogP contribution in [0.1, 0.15) is 0 Å². The molecular formula is C10H9F5N2O. The minimum atomic E-state index is -4.51. The van der Waals surface area contributed by atoms with E-state index >= 15 is 0 Å². The lowest BCUT2D eigenvalue weighted by atomic mass is 10.3. The normalized spacial score (nSPS) is 11.2. The van der Waals surface area contributed by atoms with Gasteiger partial charge in [-0.15, -0.1) is 0 Å². The summed E-state index contributed by atoms with van der Waals surface area (Å²) >= 11 is 0. The standard InChI is InChI=1S/C10H9F5N2O/c11-6-1-2-7(12)8(3-6)16-4-9(18)17-5-10(13,14)15/h1-3,16H,4-5H2,(H,17,18). The molecule has 18 heavy (non-hydrogen) atoms. The van der Waals surface area contributed by atoms with E-state index in [2.05, 4.69) is 5.32 Å². The lowest BCUT2D eigenvalue weighted by Crippen LogP contribution is -2.37. The number of carbonyl (C=O) groups is 1. The van der Waals surface area contributed by atoms with Crippen molar-refractivity contribution in [2.45, 2.75) is 6.18 Å². The van der Waals surface area contributed by atoms with Gasteiger partial charge < -0.3 is 10.6 Å². The van der Waals surface area contributed by atoms with Crippen LogP contribution in [0.5, 0.6) is 0 Å². The van der Waals surface area contributed by atoms with E-state index in [0.717, 1.165) is 18.2 Å². The van der Waals surface area contributed by atoms with Crippen molar-refractivity contribution >= 4 is 11.6 Å². The minimum absolute atomic E-state index is 0.294. The first-order chi connectivity index (χ1) is 8.28. The molecular weight excluding hydrogens is 259 g/mol. The Morgan fingerprint density at radius 1 is 1.22 bits per heavy atom. The van der Waals surface area contributed by atoms with Gasteiger partial charge >= 0.3 is 6.18 Å². The first-order valence-electron chi connectivity index (χ1n) is 4.80. The average molecular weight is 268 g/mol. The molecule has 0 heterocycles. The maximum Gasteiger partial charge on any atom is 0.405 e. The molecule has 0 bridgehead atoms. The Balaban J connectivity index is 2.45. The number of nitrogens with one attached hydrogen (secondary N) is 2. The van der Waals surface area contributed by atoms with Crippen LogP contribution in [-0.4, -0.2) is 25.2 Å². The summed E-state index contributed by atoms with van der Waals surface area (Å²) in [4.78, 5) is 11.0. The van der Waals surface area contributed by atoms with Gasteiger partial charge in [0.25, 0.3) is 0 Å². The van der Waals surface area contributed by atoms with E-state index in [0.29, 0.717) is 0 Å². The van der Waals surface area contributed by atoms with Crippen molar-refractivity contribution in [3.05, 3.63) is 29.8 Å². The van der Waals surface area contributed by atoms with Gasteiger partial charge in [0.15, 0.2) is 0 Å². The van der Waals surface area contributed by atoms with Crippen LogP contribution in [0.15, 0.2) is 18.2 Å². The SMILES string of the molecule is O=C(CNc1cc(F)ccc1F)NCC(F)(F)F. The fraction of sp³-hybridized carbons (Fsp3) is 0.300. The molecule has 0 aliphatic carbocycles. The molecule has 0 aliphatic heterocycles. The quantitative estimate of drug-likeness (QED) is 0.821. The largest absolute Gasteiger partial charge is 0.405 e. The highest BCUT2D eigenvalue weighted by molar-refractivity contribution is 5.80. The monoisotopic (exact) mass is 268 g/mol. The minimum Gasteiger partial charge on any atom is -0.374 e. The van der Waals surface area contributed by atoms with E-state index in [1.54, 1.807) is 5.32 Å². The van der Waals surface area contributed by atoms with Crippen LogP contribution in [0.25, 0.3) is 0 Å². The highest BCUT2D eigenvalue weighted by Gasteiger charge is 2.27. The predicted octanol–water partition coefficient (Wildman–Crippen LogP) is 2.06. The Labute approximate surface area is 99.0 Å². The van der Waals surface area contributed by atoms with Crippen molar-refractivity contribution in [2.24, 2.45) is 0 Å². The summed E-state index contributed by atoms with van der Waals surface area (Å²) in [5.41, 5.74) is -0.294. The summed E-state index contributed by atoms with van der Waals surface area (Å²) in [6, 6.07) is 2.52. The second kappa shape index (κ2) is 5.65. The summed E-state index contributed by atoms with van der Waals surface area (Å²) in [7, 11) is 0. The topological polar surface area (TPSA) is 41.1 Å². The molecule has 0 spiro atoms. The number of halogens is 5. The molecule has 1 aromatic rings. The third-order valence-corrected chi connectivity index (χ3v) is 1.85. The summed E-state index contributed by atoms with van der Waals surface area (Å²) in [6.45, 7) is -2.06. The van der Waals surface area contributed by atoms with Crippen LogP contribution >= 0.6 is 0 Å². The Morgan fingerprint density at radius 2 is 1.89 bits per heavy atom. The number of hydrogen-bond donors (Lipinski definition) is 2. The van der Waals surface area contributed by atoms with Crippen LogP contribution < -0.4 is 10.6 Å². The number of amides is 1. The zero-order chi connectivity index (χ0) is 13.8. The number of hydrogen-bond acceptors (Lipinski definition) is 2. The molecule has 3 nitrogen and oxygen atoms in total. The van der Waals surface area contributed by atoms with E-state index in [1.165, 1.54) is 0 Å². The molecule has 1 rings (SSSR count). The van der Waals surface area contributed by atoms with E-state index in [-0.39, 0.29) is 5.69 Å². The van der Waals surface area contributed by atoms with Crippen molar-refractivity contribution in [1.29, 1.82) is 0 Å². The molecule has 0 atom stereocenters. The van der Waals surface area contributed by atoms with E-state index in [4.69, 9.17) is 0 Å². The van der Waals surface area contributed by atoms with Gasteiger partial charge in [0.2, 0.25) is 5.91 Å². The third-order valence-electron chi connectivity index (χ3n) is 1.85. The van der Waals surface area contributed by atoms with Crippen LogP contribution in [0.2, 0.25) is 0 Å². The highest BCUT2D eigenvalue weighted by Crippen LogP contribution is 2.15. The number of benzene rings is 1. The molecule has 1 aromatic carbocycles. The maximum atomic E-state index is 13.1. The van der Waals surface area contributed by atoms with Gasteiger partial charge in [-0.25, -0.2) is 8.78 Å². The highest BCUT2D eigenvalue weighted by atomic mass is 19.4. The van der Waals surface area contributed by atoms with Crippen LogP contribution in [-0.2, 0) is 4.79 Å². The summed E-state index contributed by atoms with van der Waals surface area (Å²) in [5.74, 6) is -2.51. The van der Waals surface area contributed by atoms with Gasteiger partial charge in [-0.05, 0) is 18.2 Å². The molecule has 0 radical (unpaired) electrons. The summed E-state index contributed by atoms with van der Waals surface area (Å²) in [5, 5.41) is 3.78. The predicted molar refractivity (Wildman–Crippen MR) is 53.9 cm³/mol. The smallest absolute Gasteiger partial charge is 0.374 e. The average Bonchev–Trinajstić information content (AvgIpc) is 2.26. The third kappa shape index (κ3) is 4.98. The number of anilines is 1. The van der Waals surface area contributed by atoms with Crippen molar-refractivity contribution in [3.63, 3.8) is 0 Å². The van der Waals surface area contributed by atoms with Crippen molar-refractivity contribution in [3.8, 4) is 0 Å². The Bertz CT molecular complexity index is 433. The number of carbonyl (C=O) groups excluding carboxylic acids is 1. The van der Waals surface area contributed by atoms with E-state index in [1.807, 2.05) is 0 Å². The molecule has 2 N–H and O–H groups in total. The zero-order valence-corrected chi connectivity index (χ0v) is 8.94. The fourth-order valence-corrected chi connectivity index (χ4v) is 1.07. The van der Waals surface area contributed by atoms with Gasteiger partial charge in [0, 0.05) is 0 Å². The van der Waals surface area contributed by atoms with Crippen molar-refractivity contribution in [1.82, 2.24) is 5.32 Å². The second-order valence-electron chi connectivity index (χ2n) is 3.37. The van der Waals surface area contributed by atoms with Crippen LogP contribution in [0.4, 0.5) is 27.6 Å². The molecule has 100 valence electrons. The molecule has 0 fully saturated rings. The van der Waals surface area contributed by atoms with Gasteiger partial charge in [0.1, 0.15) is 18.2 Å². The van der Waals surface area contributed by atoms with Gasteiger partial charge in [-0.3, -0.25) is 4.79 Å². The van der Waals surface area contributed by atoms with Crippen LogP contribution in [0, 0.1) is 11.6 Å². The van der Waals surface area contributed by atoms with Gasteiger partial charge in [0.05, 0.1) is 12.2 Å². The summed E-state index contributed by atoms with van der Waals surface area (Å²) < 4.78 is 61.0. The van der Waals surface area contributed by atoms with Crippen molar-refractivity contribution in [2.75, 3.05) is 18.4 Å². The van der Waals surface area contributed by atoms with E-state index in [9.17, 15) is 26.7 Å². The molecule has 0 saturated carbocycles. The van der Waals surface area contributed by atoms with Crippen molar-refractivity contribution < 1.29 is 26.7 Å². The Morgan fingerprint density at radius 3 is 2.50 bits per heavy atom. The zero-order valence-electron chi connectivity index (χ0n) is 8.94. The molecule has 0 aromatic heterocycles. The molecule has 0 aliphatic rings. The molecule has 0 unspecified atom stereocenters. The maximum absolute atomic E-state index is 13.1. The van der Waals surface area contributed by atoms with Crippen LogP contribution in [0.3, 0.4) is 0 Å². The Kier molecular flexibility index (Phi) is 4.46. The van der Waals surface area contributed by atoms with Gasteiger partial charge in [-0.1, -0.05) is 0 Å². The first kappa shape index (κ1) is 14.2. The lowest BCUT2D eigenvalue weighted by Gasteiger charge is -2.10. The first-order valence-corrected chi connectivity index (χ1v) is 4.80. The lowest BCUT2D eigenvalue weighted by molar-refractivity contribution is -0.137.